The van der Waals surface area contributed by atoms with Gasteiger partial charge in [0.25, 0.3) is 11.8 Å². The summed E-state index contributed by atoms with van der Waals surface area (Å²) in [4.78, 5) is 176. The number of unbranched alkanes of at least 4 members (excludes halogenated alkanes) is 2. The minimum atomic E-state index is -1.38. The van der Waals surface area contributed by atoms with Crippen LogP contribution in [0.5, 0.6) is 5.75 Å². The van der Waals surface area contributed by atoms with Crippen molar-refractivity contribution in [2.45, 2.75) is 307 Å². The fraction of sp³-hybridized carbons (Fsp3) is 0.744. The number of benzene rings is 1. The third-order valence-corrected chi connectivity index (χ3v) is 19.7. The number of rotatable bonds is 54. The first-order valence-electron chi connectivity index (χ1n) is 40.9. The van der Waals surface area contributed by atoms with Crippen molar-refractivity contribution in [3.63, 3.8) is 0 Å². The second kappa shape index (κ2) is 74.1. The molecule has 1 aromatic rings. The molecule has 32 nitrogen and oxygen atoms in total. The molecule has 15 atom stereocenters. The molecule has 0 bridgehead atoms. The molecule has 1 aromatic carbocycles. The first-order valence-corrected chi connectivity index (χ1v) is 40.9. The Labute approximate surface area is 930 Å². The van der Waals surface area contributed by atoms with Crippen LogP contribution in [0.25, 0.3) is 17.2 Å². The number of aliphatic hydroxyl groups is 2. The molecule has 0 saturated carbocycles. The van der Waals surface area contributed by atoms with Crippen LogP contribution in [0.4, 0.5) is 0 Å². The molecule has 0 aliphatic heterocycles. The van der Waals surface area contributed by atoms with E-state index < -0.39 is 161 Å². The topological polar surface area (TPSA) is 510 Å². The van der Waals surface area contributed by atoms with Gasteiger partial charge >= 0.3 is 0 Å². The van der Waals surface area contributed by atoms with Crippen LogP contribution in [0.15, 0.2) is 36.0 Å². The summed E-state index contributed by atoms with van der Waals surface area (Å²) in [7, 11) is 1.68. The average molecular weight is 2970 g/mol. The van der Waals surface area contributed by atoms with Crippen molar-refractivity contribution in [1.82, 2.24) is 69.1 Å². The number of aromatic hydroxyl groups is 1. The molecular formula is C82H145Ac6N16O16-3. The van der Waals surface area contributed by atoms with Crippen LogP contribution < -0.4 is 69.1 Å². The van der Waals surface area contributed by atoms with E-state index in [1.807, 2.05) is 55.4 Å². The summed E-state index contributed by atoms with van der Waals surface area (Å²) < 4.78 is 0. The fourth-order valence-electron chi connectivity index (χ4n) is 12.0. The third kappa shape index (κ3) is 53.7. The van der Waals surface area contributed by atoms with Crippen LogP contribution in [0, 0.1) is 318 Å². The molecule has 1 rings (SSSR count). The van der Waals surface area contributed by atoms with E-state index in [0.717, 1.165) is 5.56 Å². The number of hydrogen-bond donors (Lipinski definition) is 16. The molecule has 12 amide bonds. The van der Waals surface area contributed by atoms with E-state index in [0.29, 0.717) is 57.8 Å². The summed E-state index contributed by atoms with van der Waals surface area (Å²) in [5.74, 6) is -10.1. The zero-order valence-electron chi connectivity index (χ0n) is 75.4. The zero-order valence-corrected chi connectivity index (χ0v) is 104. The molecule has 38 heteroatoms. The number of nitrogens with one attached hydrogen (secondary N) is 16. The molecule has 0 aliphatic carbocycles. The molecule has 0 aromatic heterocycles. The number of aliphatic hydroxyl groups excluding tert-OH is 2. The Hall–Kier alpha value is 0.479. The fourth-order valence-corrected chi connectivity index (χ4v) is 12.0. The van der Waals surface area contributed by atoms with Crippen molar-refractivity contribution in [3.8, 4) is 5.75 Å². The largest absolute Gasteiger partial charge is 0.677 e. The van der Waals surface area contributed by atoms with E-state index in [4.69, 9.17) is 17.2 Å². The Balaban J connectivity index is -0.000000500. The molecule has 0 spiro atoms. The van der Waals surface area contributed by atoms with Gasteiger partial charge in [0.1, 0.15) is 71.9 Å². The van der Waals surface area contributed by atoms with E-state index in [2.05, 4.69) is 69.1 Å². The van der Waals surface area contributed by atoms with E-state index in [1.165, 1.54) is 32.1 Å². The van der Waals surface area contributed by atoms with Crippen molar-refractivity contribution in [2.24, 2.45) is 53.3 Å². The predicted molar refractivity (Wildman–Crippen MR) is 443 cm³/mol. The van der Waals surface area contributed by atoms with E-state index >= 15 is 0 Å². The summed E-state index contributed by atoms with van der Waals surface area (Å²) in [6, 6.07) is -5.49. The number of phenols is 1. The Morgan fingerprint density at radius 1 is 0.392 bits per heavy atom. The molecule has 19 N–H and O–H groups in total. The minimum Gasteiger partial charge on any atom is -0.677 e. The summed E-state index contributed by atoms with van der Waals surface area (Å²) in [5.41, 5.74) is 23.3. The molecule has 6 radical (unpaired) electrons. The summed E-state index contributed by atoms with van der Waals surface area (Å²) >= 11 is 0. The maximum absolute atomic E-state index is 14.3. The van der Waals surface area contributed by atoms with E-state index in [-0.39, 0.29) is 381 Å². The molecular weight excluding hydrogens is 2830 g/mol. The van der Waals surface area contributed by atoms with Gasteiger partial charge in [0, 0.05) is 271 Å². The van der Waals surface area contributed by atoms with E-state index in [1.54, 1.807) is 88.4 Å². The maximum atomic E-state index is 14.3. The summed E-state index contributed by atoms with van der Waals surface area (Å²) in [5, 5.41) is 65.4. The van der Waals surface area contributed by atoms with Crippen molar-refractivity contribution in [1.29, 1.82) is 0 Å². The van der Waals surface area contributed by atoms with Gasteiger partial charge in [0.2, 0.25) is 59.1 Å². The van der Waals surface area contributed by atoms with Crippen LogP contribution in [0.3, 0.4) is 0 Å². The normalized spacial score (nSPS) is 14.9. The number of amides is 12. The van der Waals surface area contributed by atoms with E-state index in [9.17, 15) is 77.6 Å². The number of ketones is 1. The Morgan fingerprint density at radius 3 is 1.12 bits per heavy atom. The van der Waals surface area contributed by atoms with Crippen molar-refractivity contribution < 1.29 is 342 Å². The van der Waals surface area contributed by atoms with Crippen molar-refractivity contribution in [2.75, 3.05) is 33.3 Å². The minimum absolute atomic E-state index is 0. The Morgan fingerprint density at radius 2 is 0.725 bits per heavy atom. The predicted octanol–water partition coefficient (Wildman–Crippen LogP) is 5.94. The number of allylic oxidation sites excluding steroid dienone is 1. The van der Waals surface area contributed by atoms with Gasteiger partial charge in [-0.15, -0.1) is 0 Å². The number of hydrogen-bond acceptors (Lipinski definition) is 17. The Kier molecular flexibility index (Phi) is 82.4. The zero-order chi connectivity index (χ0) is 87.4. The smallest absolute Gasteiger partial charge is 0.268 e. The standard InChI is InChI=1S/C55H99N11O11.C27H46N5O5.6Ac/c1-17-34(14)45(66-49(71)39(24-22-26-57)59-50(72)41(28-30(6)7)62-47(69)37(19-3)58-55(77)46(68)35(15)18-2)54(76)65-44(33(12)13)53(75)64-43(32(10)11)51(73)60-38(23-20-21-25-56)48(70)63-42(31(8)9)52(74)61-40(36(16)67)27-29(4)5;1-17(2)14-22(26(36)32-24(16-33)18(3)4)30-27(37)23(15-19-9-11-20(34)12-10-19)31-25(35)21(29-5)8-6-7-13-28;;;;;;/h19,29-35,38-46,56-57,68H,17-18,20-28H2,1-16H3,(H,58,77)(H,59,72)(H,60,73)(H,61,74)(H,62,69)(H,63,70)(H,64,75)(H,65,76)(H,66,71);9-12,17-18,21-24,28-29,33-34H,6-8,13-16H2,1-5H3,(H,30,37)(H,31,35)(H,32,36);;;;;;/q-2;-1;;;;;;/t34-,35+,38?,39+,40?,41-,42-,43-,44-,45-,46?;21?,22?,23-,24-;;;;;;/m01....../s1. The summed E-state index contributed by atoms with van der Waals surface area (Å²) in [6.07, 6.45) is 4.97. The second-order valence-electron chi connectivity index (χ2n) is 32.6. The van der Waals surface area contributed by atoms with Gasteiger partial charge in [0.05, 0.1) is 24.7 Å². The molecule has 120 heavy (non-hydrogen) atoms. The van der Waals surface area contributed by atoms with Crippen LogP contribution in [0.2, 0.25) is 0 Å². The van der Waals surface area contributed by atoms with Gasteiger partial charge in [-0.2, -0.15) is 19.6 Å². The molecule has 0 heterocycles. The van der Waals surface area contributed by atoms with Gasteiger partial charge in [-0.25, -0.2) is 0 Å². The SMILES string of the molecule is CC=C(NC(=O)C(O)[C@H](C)CC)C(=O)N[C@@H](CC(C)C)C(=O)N[C@H](CCC[NH-])C(=O)N[C@H](C(=O)N[C@H](C(=O)N[C@H](C(=O)NC(CCCC[NH-])C(=O)N[C@H](C(=O)NC(CC(C)C)C(C)=O)C(C)C)C(C)C)C(C)C)[C@@H](C)CC.CNC(CCCC[NH-])C(=O)N[C@H](Cc1ccc(O)cc1)C(=O)NC(CC(C)C)C(=O)N[C@H](CO)C(C)C.[Ac].[Ac].[Ac].[Ac].[Ac].[Ac]. The number of likely N-dealkylation sites (N-methyl/N-ethyl adjacent to an activating group) is 1. The summed E-state index contributed by atoms with van der Waals surface area (Å²) in [6.45, 7) is 35.4. The first kappa shape index (κ1) is 134. The molecule has 670 valence electrons. The maximum Gasteiger partial charge on any atom is 0.268 e. The van der Waals surface area contributed by atoms with Crippen LogP contribution in [-0.4, -0.2) is 204 Å². The van der Waals surface area contributed by atoms with Gasteiger partial charge < -0.3 is 102 Å². The van der Waals surface area contributed by atoms with Crippen molar-refractivity contribution in [3.05, 3.63) is 58.8 Å². The number of Topliss-reactive ketones (excluding diaryl/α,β-unsaturated/α-hetero) is 1. The monoisotopic (exact) mass is 2970 g/mol. The first-order chi connectivity index (χ1) is 53.4. The van der Waals surface area contributed by atoms with Gasteiger partial charge in [-0.1, -0.05) is 188 Å². The van der Waals surface area contributed by atoms with Crippen molar-refractivity contribution >= 4 is 76.7 Å². The molecule has 5 unspecified atom stereocenters. The second-order valence-corrected chi connectivity index (χ2v) is 32.6. The van der Waals surface area contributed by atoms with Crippen LogP contribution in [-0.2, 0) is 68.7 Å². The van der Waals surface area contributed by atoms with Crippen LogP contribution >= 0.6 is 0 Å². The third-order valence-electron chi connectivity index (χ3n) is 19.7. The molecule has 0 aliphatic rings. The average Bonchev–Trinajstić information content (AvgIpc) is 0.834. The Bertz CT molecular complexity index is 3200. The molecule has 0 fully saturated rings. The number of carbonyl (C=O) groups excluding carboxylic acids is 13. The van der Waals surface area contributed by atoms with Gasteiger partial charge in [-0.05, 0) is 130 Å². The van der Waals surface area contributed by atoms with Gasteiger partial charge in [-0.3, -0.25) is 62.3 Å². The number of carbonyl (C=O) groups is 13. The van der Waals surface area contributed by atoms with Crippen LogP contribution in [0.1, 0.15) is 228 Å². The quantitative estimate of drug-likeness (QED) is 0.0265. The molecule has 0 saturated heterocycles. The van der Waals surface area contributed by atoms with Gasteiger partial charge in [0.15, 0.2) is 5.78 Å². The number of phenolic OH excluding ortho intramolecular Hbond substituents is 1.